The molecular formula is C15H17N3O. The topological polar surface area (TPSA) is 81.1 Å². The first-order chi connectivity index (χ1) is 9.24. The van der Waals surface area contributed by atoms with Gasteiger partial charge in [0.05, 0.1) is 0 Å². The van der Waals surface area contributed by atoms with Gasteiger partial charge in [0.15, 0.2) is 0 Å². The molecule has 1 amide bonds. The van der Waals surface area contributed by atoms with E-state index in [4.69, 9.17) is 11.5 Å². The van der Waals surface area contributed by atoms with Gasteiger partial charge < -0.3 is 16.8 Å². The van der Waals surface area contributed by atoms with E-state index in [1.165, 1.54) is 0 Å². The largest absolute Gasteiger partial charge is 0.326 e. The molecule has 0 bridgehead atoms. The lowest BCUT2D eigenvalue weighted by molar-refractivity contribution is 0.102. The molecule has 5 N–H and O–H groups in total. The molecular weight excluding hydrogens is 238 g/mol. The van der Waals surface area contributed by atoms with Crippen molar-refractivity contribution < 1.29 is 4.79 Å². The van der Waals surface area contributed by atoms with Crippen molar-refractivity contribution in [2.45, 2.75) is 13.1 Å². The highest BCUT2D eigenvalue weighted by Gasteiger charge is 2.07. The van der Waals surface area contributed by atoms with Crippen molar-refractivity contribution in [1.29, 1.82) is 0 Å². The second kappa shape index (κ2) is 6.13. The minimum absolute atomic E-state index is 0.149. The van der Waals surface area contributed by atoms with Crippen LogP contribution in [0.25, 0.3) is 0 Å². The maximum absolute atomic E-state index is 12.1. The van der Waals surface area contributed by atoms with E-state index in [0.717, 1.165) is 16.8 Å². The van der Waals surface area contributed by atoms with Crippen molar-refractivity contribution in [3.8, 4) is 0 Å². The first kappa shape index (κ1) is 13.3. The zero-order valence-electron chi connectivity index (χ0n) is 10.6. The number of amides is 1. The average Bonchev–Trinajstić information content (AvgIpc) is 2.48. The van der Waals surface area contributed by atoms with Gasteiger partial charge in [0.1, 0.15) is 0 Å². The Morgan fingerprint density at radius 1 is 0.947 bits per heavy atom. The van der Waals surface area contributed by atoms with Crippen LogP contribution in [0.3, 0.4) is 0 Å². The van der Waals surface area contributed by atoms with Crippen LogP contribution in [0.5, 0.6) is 0 Å². The summed E-state index contributed by atoms with van der Waals surface area (Å²) in [5.41, 5.74) is 14.4. The Hall–Kier alpha value is -2.17. The Morgan fingerprint density at radius 2 is 1.63 bits per heavy atom. The van der Waals surface area contributed by atoms with E-state index >= 15 is 0 Å². The number of carbonyl (C=O) groups excluding carboxylic acids is 1. The summed E-state index contributed by atoms with van der Waals surface area (Å²) in [6.45, 7) is 0.862. The molecule has 0 radical (unpaired) electrons. The summed E-state index contributed by atoms with van der Waals surface area (Å²) in [5, 5.41) is 2.87. The fourth-order valence-electron chi connectivity index (χ4n) is 1.81. The number of carbonyl (C=O) groups is 1. The highest BCUT2D eigenvalue weighted by Crippen LogP contribution is 2.15. The van der Waals surface area contributed by atoms with Crippen LogP contribution in [-0.4, -0.2) is 5.91 Å². The summed E-state index contributed by atoms with van der Waals surface area (Å²) in [6, 6.07) is 14.7. The van der Waals surface area contributed by atoms with Crippen LogP contribution in [0.15, 0.2) is 48.5 Å². The molecule has 2 rings (SSSR count). The molecule has 0 unspecified atom stereocenters. The zero-order chi connectivity index (χ0) is 13.7. The van der Waals surface area contributed by atoms with E-state index in [-0.39, 0.29) is 5.91 Å². The molecule has 4 heteroatoms. The predicted octanol–water partition coefficient (Wildman–Crippen LogP) is 1.86. The number of anilines is 1. The van der Waals surface area contributed by atoms with Gasteiger partial charge in [-0.2, -0.15) is 0 Å². The van der Waals surface area contributed by atoms with Gasteiger partial charge in [0.25, 0.3) is 5.91 Å². The van der Waals surface area contributed by atoms with Crippen LogP contribution < -0.4 is 16.8 Å². The standard InChI is InChI=1S/C15H17N3O/c16-9-11-5-7-12(8-6-11)15(19)18-14-4-2-1-3-13(14)10-17/h1-8H,9-10,16-17H2,(H,18,19). The van der Waals surface area contributed by atoms with Crippen molar-refractivity contribution in [3.63, 3.8) is 0 Å². The summed E-state index contributed by atoms with van der Waals surface area (Å²) in [5.74, 6) is -0.149. The van der Waals surface area contributed by atoms with E-state index in [1.54, 1.807) is 12.1 Å². The predicted molar refractivity (Wildman–Crippen MR) is 76.6 cm³/mol. The molecule has 0 aliphatic carbocycles. The molecule has 4 nitrogen and oxygen atoms in total. The Labute approximate surface area is 112 Å². The van der Waals surface area contributed by atoms with E-state index in [9.17, 15) is 4.79 Å². The zero-order valence-corrected chi connectivity index (χ0v) is 10.6. The number of benzene rings is 2. The number of rotatable bonds is 4. The molecule has 0 aromatic heterocycles. The van der Waals surface area contributed by atoms with Gasteiger partial charge in [-0.3, -0.25) is 4.79 Å². The van der Waals surface area contributed by atoms with Crippen molar-refractivity contribution in [3.05, 3.63) is 65.2 Å². The van der Waals surface area contributed by atoms with Crippen molar-refractivity contribution in [2.24, 2.45) is 11.5 Å². The second-order valence-corrected chi connectivity index (χ2v) is 4.22. The molecule has 0 atom stereocenters. The normalized spacial score (nSPS) is 10.2. The van der Waals surface area contributed by atoms with Crippen LogP contribution in [0.2, 0.25) is 0 Å². The molecule has 2 aromatic rings. The Morgan fingerprint density at radius 3 is 2.26 bits per heavy atom. The minimum atomic E-state index is -0.149. The lowest BCUT2D eigenvalue weighted by Crippen LogP contribution is -2.14. The van der Waals surface area contributed by atoms with E-state index in [0.29, 0.717) is 18.7 Å². The van der Waals surface area contributed by atoms with Crippen LogP contribution in [0.4, 0.5) is 5.69 Å². The number of nitrogens with one attached hydrogen (secondary N) is 1. The third kappa shape index (κ3) is 3.19. The average molecular weight is 255 g/mol. The summed E-state index contributed by atoms with van der Waals surface area (Å²) < 4.78 is 0. The monoisotopic (exact) mass is 255 g/mol. The van der Waals surface area contributed by atoms with Gasteiger partial charge >= 0.3 is 0 Å². The number of hydrogen-bond acceptors (Lipinski definition) is 3. The summed E-state index contributed by atoms with van der Waals surface area (Å²) in [6.07, 6.45) is 0. The molecule has 2 aromatic carbocycles. The Kier molecular flexibility index (Phi) is 4.28. The number of para-hydroxylation sites is 1. The fourth-order valence-corrected chi connectivity index (χ4v) is 1.81. The van der Waals surface area contributed by atoms with Crippen LogP contribution in [0, 0.1) is 0 Å². The SMILES string of the molecule is NCc1ccc(C(=O)Nc2ccccc2CN)cc1. The molecule has 0 fully saturated rings. The Balaban J connectivity index is 2.16. The minimum Gasteiger partial charge on any atom is -0.326 e. The highest BCUT2D eigenvalue weighted by molar-refractivity contribution is 6.04. The van der Waals surface area contributed by atoms with E-state index < -0.39 is 0 Å². The molecule has 0 saturated heterocycles. The molecule has 0 heterocycles. The maximum atomic E-state index is 12.1. The molecule has 98 valence electrons. The maximum Gasteiger partial charge on any atom is 0.255 e. The van der Waals surface area contributed by atoms with Gasteiger partial charge in [-0.15, -0.1) is 0 Å². The lowest BCUT2D eigenvalue weighted by Gasteiger charge is -2.09. The fraction of sp³-hybridized carbons (Fsp3) is 0.133. The van der Waals surface area contributed by atoms with Crippen LogP contribution >= 0.6 is 0 Å². The van der Waals surface area contributed by atoms with Crippen molar-refractivity contribution in [1.82, 2.24) is 0 Å². The quantitative estimate of drug-likeness (QED) is 0.780. The first-order valence-corrected chi connectivity index (χ1v) is 6.13. The van der Waals surface area contributed by atoms with Crippen LogP contribution in [-0.2, 0) is 13.1 Å². The van der Waals surface area contributed by atoms with Crippen molar-refractivity contribution >= 4 is 11.6 Å². The second-order valence-electron chi connectivity index (χ2n) is 4.22. The summed E-state index contributed by atoms with van der Waals surface area (Å²) in [7, 11) is 0. The van der Waals surface area contributed by atoms with E-state index in [1.807, 2.05) is 36.4 Å². The molecule has 0 saturated carbocycles. The van der Waals surface area contributed by atoms with Crippen molar-refractivity contribution in [2.75, 3.05) is 5.32 Å². The number of nitrogens with two attached hydrogens (primary N) is 2. The summed E-state index contributed by atoms with van der Waals surface area (Å²) >= 11 is 0. The third-order valence-electron chi connectivity index (χ3n) is 2.94. The molecule has 0 aliphatic rings. The van der Waals surface area contributed by atoms with Crippen LogP contribution in [0.1, 0.15) is 21.5 Å². The van der Waals surface area contributed by atoms with Gasteiger partial charge in [-0.25, -0.2) is 0 Å². The molecule has 19 heavy (non-hydrogen) atoms. The molecule has 0 aliphatic heterocycles. The number of hydrogen-bond donors (Lipinski definition) is 3. The smallest absolute Gasteiger partial charge is 0.255 e. The Bertz CT molecular complexity index is 564. The first-order valence-electron chi connectivity index (χ1n) is 6.13. The van der Waals surface area contributed by atoms with Gasteiger partial charge in [0, 0.05) is 24.3 Å². The lowest BCUT2D eigenvalue weighted by atomic mass is 10.1. The molecule has 0 spiro atoms. The highest BCUT2D eigenvalue weighted by atomic mass is 16.1. The van der Waals surface area contributed by atoms with Gasteiger partial charge in [0.2, 0.25) is 0 Å². The summed E-state index contributed by atoms with van der Waals surface area (Å²) in [4.78, 5) is 12.1. The van der Waals surface area contributed by atoms with Gasteiger partial charge in [-0.1, -0.05) is 30.3 Å². The third-order valence-corrected chi connectivity index (χ3v) is 2.94. The van der Waals surface area contributed by atoms with E-state index in [2.05, 4.69) is 5.32 Å². The van der Waals surface area contributed by atoms with Gasteiger partial charge in [-0.05, 0) is 29.3 Å².